The van der Waals surface area contributed by atoms with Crippen molar-refractivity contribution >= 4 is 22.5 Å². The number of rotatable bonds is 4. The molecule has 2 N–H and O–H groups in total. The SMILES string of the molecule is COc1cccc(Nc2ncnc3[nH]c(-c4ccc(C)cc4)cc23)c1. The van der Waals surface area contributed by atoms with Gasteiger partial charge in [0.15, 0.2) is 0 Å². The molecule has 0 saturated heterocycles. The number of hydrogen-bond donors (Lipinski definition) is 2. The van der Waals surface area contributed by atoms with Crippen molar-refractivity contribution in [3.8, 4) is 17.0 Å². The molecule has 0 bridgehead atoms. The summed E-state index contributed by atoms with van der Waals surface area (Å²) < 4.78 is 5.27. The van der Waals surface area contributed by atoms with E-state index < -0.39 is 0 Å². The van der Waals surface area contributed by atoms with Gasteiger partial charge in [-0.1, -0.05) is 35.9 Å². The van der Waals surface area contributed by atoms with Crippen LogP contribution in [-0.2, 0) is 0 Å². The van der Waals surface area contributed by atoms with Gasteiger partial charge in [0.2, 0.25) is 0 Å². The molecule has 2 aromatic heterocycles. The number of ether oxygens (including phenoxy) is 1. The number of aryl methyl sites for hydroxylation is 1. The third-order valence-electron chi connectivity index (χ3n) is 4.12. The molecule has 5 nitrogen and oxygen atoms in total. The summed E-state index contributed by atoms with van der Waals surface area (Å²) in [5.41, 5.74) is 5.09. The monoisotopic (exact) mass is 330 g/mol. The van der Waals surface area contributed by atoms with Gasteiger partial charge < -0.3 is 15.0 Å². The molecule has 4 aromatic rings. The quantitative estimate of drug-likeness (QED) is 0.570. The summed E-state index contributed by atoms with van der Waals surface area (Å²) in [6.07, 6.45) is 1.56. The number of anilines is 2. The van der Waals surface area contributed by atoms with Crippen molar-refractivity contribution in [1.29, 1.82) is 0 Å². The molecule has 0 amide bonds. The highest BCUT2D eigenvalue weighted by atomic mass is 16.5. The smallest absolute Gasteiger partial charge is 0.143 e. The Morgan fingerprint density at radius 2 is 1.84 bits per heavy atom. The number of methoxy groups -OCH3 is 1. The van der Waals surface area contributed by atoms with Gasteiger partial charge in [-0.05, 0) is 30.7 Å². The fourth-order valence-electron chi connectivity index (χ4n) is 2.77. The maximum Gasteiger partial charge on any atom is 0.143 e. The first kappa shape index (κ1) is 15.2. The van der Waals surface area contributed by atoms with Gasteiger partial charge in [-0.2, -0.15) is 0 Å². The van der Waals surface area contributed by atoms with Gasteiger partial charge >= 0.3 is 0 Å². The molecule has 0 radical (unpaired) electrons. The number of aromatic nitrogens is 3. The Bertz CT molecular complexity index is 1020. The lowest BCUT2D eigenvalue weighted by molar-refractivity contribution is 0.415. The van der Waals surface area contributed by atoms with Crippen molar-refractivity contribution in [2.24, 2.45) is 0 Å². The van der Waals surface area contributed by atoms with Crippen LogP contribution in [0.3, 0.4) is 0 Å². The van der Waals surface area contributed by atoms with Gasteiger partial charge in [-0.25, -0.2) is 9.97 Å². The van der Waals surface area contributed by atoms with E-state index in [2.05, 4.69) is 57.5 Å². The Morgan fingerprint density at radius 1 is 1.00 bits per heavy atom. The van der Waals surface area contributed by atoms with Crippen molar-refractivity contribution in [2.75, 3.05) is 12.4 Å². The third kappa shape index (κ3) is 3.04. The van der Waals surface area contributed by atoms with E-state index in [1.54, 1.807) is 13.4 Å². The lowest BCUT2D eigenvalue weighted by atomic mass is 10.1. The fourth-order valence-corrected chi connectivity index (χ4v) is 2.77. The van der Waals surface area contributed by atoms with Gasteiger partial charge in [0.05, 0.1) is 12.5 Å². The zero-order valence-electron chi connectivity index (χ0n) is 14.1. The van der Waals surface area contributed by atoms with E-state index in [4.69, 9.17) is 4.74 Å². The molecule has 0 aliphatic rings. The lowest BCUT2D eigenvalue weighted by Crippen LogP contribution is -1.95. The molecule has 4 rings (SSSR count). The zero-order valence-corrected chi connectivity index (χ0v) is 14.1. The van der Waals surface area contributed by atoms with Crippen LogP contribution in [0.5, 0.6) is 5.75 Å². The second-order valence-corrected chi connectivity index (χ2v) is 5.89. The summed E-state index contributed by atoms with van der Waals surface area (Å²) in [6, 6.07) is 18.2. The predicted molar refractivity (Wildman–Crippen MR) is 100 cm³/mol. The van der Waals surface area contributed by atoms with Gasteiger partial charge in [-0.3, -0.25) is 0 Å². The minimum atomic E-state index is 0.757. The van der Waals surface area contributed by atoms with Crippen LogP contribution < -0.4 is 10.1 Å². The van der Waals surface area contributed by atoms with E-state index in [9.17, 15) is 0 Å². The second-order valence-electron chi connectivity index (χ2n) is 5.89. The van der Waals surface area contributed by atoms with Crippen LogP contribution in [0.2, 0.25) is 0 Å². The van der Waals surface area contributed by atoms with Crippen LogP contribution >= 0.6 is 0 Å². The first-order valence-electron chi connectivity index (χ1n) is 8.05. The van der Waals surface area contributed by atoms with Gasteiger partial charge in [-0.15, -0.1) is 0 Å². The highest BCUT2D eigenvalue weighted by Gasteiger charge is 2.10. The van der Waals surface area contributed by atoms with Crippen LogP contribution in [0.15, 0.2) is 60.9 Å². The highest BCUT2D eigenvalue weighted by molar-refractivity contribution is 5.92. The first-order chi connectivity index (χ1) is 12.2. The molecule has 25 heavy (non-hydrogen) atoms. The number of fused-ring (bicyclic) bond motifs is 1. The Hall–Kier alpha value is -3.34. The van der Waals surface area contributed by atoms with Crippen molar-refractivity contribution in [3.63, 3.8) is 0 Å². The van der Waals surface area contributed by atoms with E-state index in [0.717, 1.165) is 39.5 Å². The average molecular weight is 330 g/mol. The molecular weight excluding hydrogens is 312 g/mol. The summed E-state index contributed by atoms with van der Waals surface area (Å²) in [7, 11) is 1.65. The van der Waals surface area contributed by atoms with Crippen LogP contribution in [0.4, 0.5) is 11.5 Å². The number of benzene rings is 2. The lowest BCUT2D eigenvalue weighted by Gasteiger charge is -2.07. The van der Waals surface area contributed by atoms with E-state index >= 15 is 0 Å². The maximum absolute atomic E-state index is 5.27. The molecule has 2 heterocycles. The van der Waals surface area contributed by atoms with Crippen molar-refractivity contribution < 1.29 is 4.74 Å². The summed E-state index contributed by atoms with van der Waals surface area (Å²) in [5, 5.41) is 4.29. The molecule has 0 aliphatic carbocycles. The fraction of sp³-hybridized carbons (Fsp3) is 0.100. The standard InChI is InChI=1S/C20H18N4O/c1-13-6-8-14(9-7-13)18-11-17-19(21-12-22-20(17)24-18)23-15-4-3-5-16(10-15)25-2/h3-12H,1-2H3,(H2,21,22,23,24). The first-order valence-corrected chi connectivity index (χ1v) is 8.05. The maximum atomic E-state index is 5.27. The van der Waals surface area contributed by atoms with E-state index in [-0.39, 0.29) is 0 Å². The second kappa shape index (κ2) is 6.28. The summed E-state index contributed by atoms with van der Waals surface area (Å²) in [5.74, 6) is 1.55. The molecule has 124 valence electrons. The molecule has 5 heteroatoms. The average Bonchev–Trinajstić information content (AvgIpc) is 3.08. The van der Waals surface area contributed by atoms with Gasteiger partial charge in [0, 0.05) is 17.4 Å². The molecule has 0 atom stereocenters. The van der Waals surface area contributed by atoms with Crippen LogP contribution in [0.1, 0.15) is 5.56 Å². The highest BCUT2D eigenvalue weighted by Crippen LogP contribution is 2.29. The molecule has 0 saturated carbocycles. The number of nitrogens with one attached hydrogen (secondary N) is 2. The number of hydrogen-bond acceptors (Lipinski definition) is 4. The molecular formula is C20H18N4O. The zero-order chi connectivity index (χ0) is 17.2. The van der Waals surface area contributed by atoms with Gasteiger partial charge in [0.25, 0.3) is 0 Å². The number of aromatic amines is 1. The Balaban J connectivity index is 1.73. The molecule has 0 aliphatic heterocycles. The summed E-state index contributed by atoms with van der Waals surface area (Å²) in [4.78, 5) is 12.1. The number of H-pyrrole nitrogens is 1. The molecule has 0 unspecified atom stereocenters. The van der Waals surface area contributed by atoms with Crippen molar-refractivity contribution in [2.45, 2.75) is 6.92 Å². The molecule has 0 fully saturated rings. The molecule has 0 spiro atoms. The third-order valence-corrected chi connectivity index (χ3v) is 4.12. The van der Waals surface area contributed by atoms with Crippen LogP contribution in [0.25, 0.3) is 22.3 Å². The van der Waals surface area contributed by atoms with Crippen molar-refractivity contribution in [3.05, 3.63) is 66.5 Å². The van der Waals surface area contributed by atoms with E-state index in [0.29, 0.717) is 0 Å². The Morgan fingerprint density at radius 3 is 2.64 bits per heavy atom. The topological polar surface area (TPSA) is 62.8 Å². The van der Waals surface area contributed by atoms with Gasteiger partial charge in [0.1, 0.15) is 23.5 Å². The Kier molecular flexibility index (Phi) is 3.82. The minimum Gasteiger partial charge on any atom is -0.497 e. The molecule has 2 aromatic carbocycles. The number of nitrogens with zero attached hydrogens (tertiary/aromatic N) is 2. The predicted octanol–water partition coefficient (Wildman–Crippen LogP) is 4.69. The van der Waals surface area contributed by atoms with E-state index in [1.165, 1.54) is 5.56 Å². The van der Waals surface area contributed by atoms with Crippen LogP contribution in [0, 0.1) is 6.92 Å². The summed E-state index contributed by atoms with van der Waals surface area (Å²) >= 11 is 0. The summed E-state index contributed by atoms with van der Waals surface area (Å²) in [6.45, 7) is 2.08. The Labute approximate surface area is 145 Å². The van der Waals surface area contributed by atoms with Crippen LogP contribution in [-0.4, -0.2) is 22.1 Å². The largest absolute Gasteiger partial charge is 0.497 e. The normalized spacial score (nSPS) is 10.8. The van der Waals surface area contributed by atoms with Crippen molar-refractivity contribution in [1.82, 2.24) is 15.0 Å². The minimum absolute atomic E-state index is 0.757. The van der Waals surface area contributed by atoms with E-state index in [1.807, 2.05) is 24.3 Å².